The molecule has 146 valence electrons. The Morgan fingerprint density at radius 3 is 2.24 bits per heavy atom. The first-order valence-corrected chi connectivity index (χ1v) is 9.35. The van der Waals surface area contributed by atoms with E-state index in [1.807, 2.05) is 18.2 Å². The zero-order valence-corrected chi connectivity index (χ0v) is 16.7. The minimum absolute atomic E-state index is 0.0513. The number of anilines is 2. The Bertz CT molecular complexity index is 1040. The first-order valence-electron chi connectivity index (χ1n) is 8.56. The third-order valence-corrected chi connectivity index (χ3v) is 4.29. The number of carbonyl (C=O) groups is 2. The Kier molecular flexibility index (Phi) is 6.59. The summed E-state index contributed by atoms with van der Waals surface area (Å²) in [4.78, 5) is 24.1. The molecule has 0 heterocycles. The van der Waals surface area contributed by atoms with Crippen LogP contribution in [0.3, 0.4) is 0 Å². The summed E-state index contributed by atoms with van der Waals surface area (Å²) in [5, 5.41) is 19.0. The van der Waals surface area contributed by atoms with Gasteiger partial charge in [-0.1, -0.05) is 34.1 Å². The number of phenols is 1. The van der Waals surface area contributed by atoms with Crippen LogP contribution in [0.1, 0.15) is 15.9 Å². The van der Waals surface area contributed by atoms with Crippen molar-refractivity contribution in [1.29, 1.82) is 0 Å². The number of benzene rings is 3. The molecule has 0 atom stereocenters. The van der Waals surface area contributed by atoms with Gasteiger partial charge in [0.05, 0.1) is 6.21 Å². The molecular formula is C21H17BrN4O3. The second kappa shape index (κ2) is 9.52. The van der Waals surface area contributed by atoms with E-state index in [9.17, 15) is 14.7 Å². The largest absolute Gasteiger partial charge is 0.507 e. The highest BCUT2D eigenvalue weighted by molar-refractivity contribution is 9.10. The molecule has 0 aliphatic rings. The van der Waals surface area contributed by atoms with E-state index in [0.29, 0.717) is 22.5 Å². The van der Waals surface area contributed by atoms with Crippen molar-refractivity contribution in [2.45, 2.75) is 0 Å². The fraction of sp³-hybridized carbons (Fsp3) is 0. The molecule has 7 nitrogen and oxygen atoms in total. The van der Waals surface area contributed by atoms with Crippen LogP contribution in [0, 0.1) is 0 Å². The van der Waals surface area contributed by atoms with Gasteiger partial charge in [-0.3, -0.25) is 4.79 Å². The molecule has 0 aliphatic heterocycles. The molecule has 3 aromatic carbocycles. The number of nitrogens with zero attached hydrogens (tertiary/aromatic N) is 1. The second-order valence-corrected chi connectivity index (χ2v) is 6.84. The third-order valence-electron chi connectivity index (χ3n) is 3.80. The number of hydrogen-bond donors (Lipinski definition) is 4. The number of phenolic OH excluding ortho intramolecular Hbond substituents is 1. The molecule has 0 aliphatic carbocycles. The fourth-order valence-electron chi connectivity index (χ4n) is 2.37. The Hall–Kier alpha value is -3.65. The van der Waals surface area contributed by atoms with E-state index in [1.54, 1.807) is 48.5 Å². The van der Waals surface area contributed by atoms with Crippen molar-refractivity contribution >= 4 is 45.5 Å². The first kappa shape index (κ1) is 20.1. The van der Waals surface area contributed by atoms with Crippen LogP contribution in [0.25, 0.3) is 0 Å². The molecule has 29 heavy (non-hydrogen) atoms. The number of carbonyl (C=O) groups excluding carboxylic acids is 2. The van der Waals surface area contributed by atoms with Gasteiger partial charge in [0.2, 0.25) is 0 Å². The van der Waals surface area contributed by atoms with Gasteiger partial charge < -0.3 is 15.7 Å². The van der Waals surface area contributed by atoms with E-state index < -0.39 is 5.91 Å². The zero-order valence-electron chi connectivity index (χ0n) is 15.1. The highest BCUT2D eigenvalue weighted by Crippen LogP contribution is 2.20. The number of amides is 3. The fourth-order valence-corrected chi connectivity index (χ4v) is 2.75. The number of halogens is 1. The summed E-state index contributed by atoms with van der Waals surface area (Å²) in [5.41, 5.74) is 4.44. The summed E-state index contributed by atoms with van der Waals surface area (Å²) in [6, 6.07) is 19.9. The summed E-state index contributed by atoms with van der Waals surface area (Å²) in [5.74, 6) is -0.369. The van der Waals surface area contributed by atoms with Gasteiger partial charge in [0, 0.05) is 27.0 Å². The minimum Gasteiger partial charge on any atom is -0.507 e. The number of hydrazone groups is 1. The van der Waals surface area contributed by atoms with E-state index in [4.69, 9.17) is 0 Å². The maximum Gasteiger partial charge on any atom is 0.323 e. The predicted molar refractivity (Wildman–Crippen MR) is 116 cm³/mol. The number of hydrogen-bond acceptors (Lipinski definition) is 4. The normalized spacial score (nSPS) is 10.5. The third kappa shape index (κ3) is 5.91. The number of para-hydroxylation sites is 1. The lowest BCUT2D eigenvalue weighted by atomic mass is 10.2. The maximum absolute atomic E-state index is 12.2. The molecule has 8 heteroatoms. The highest BCUT2D eigenvalue weighted by atomic mass is 79.9. The molecule has 3 amide bonds. The summed E-state index contributed by atoms with van der Waals surface area (Å²) in [6.45, 7) is 0. The molecule has 0 saturated carbocycles. The van der Waals surface area contributed by atoms with Gasteiger partial charge in [0.25, 0.3) is 5.91 Å². The van der Waals surface area contributed by atoms with Crippen LogP contribution in [0.4, 0.5) is 16.2 Å². The molecule has 0 saturated heterocycles. The summed E-state index contributed by atoms with van der Waals surface area (Å²) in [7, 11) is 0. The average molecular weight is 453 g/mol. The van der Waals surface area contributed by atoms with Gasteiger partial charge in [-0.25, -0.2) is 10.2 Å². The Morgan fingerprint density at radius 2 is 1.55 bits per heavy atom. The van der Waals surface area contributed by atoms with Crippen molar-refractivity contribution in [1.82, 2.24) is 5.43 Å². The molecule has 0 unspecified atom stereocenters. The van der Waals surface area contributed by atoms with Gasteiger partial charge >= 0.3 is 6.03 Å². The van der Waals surface area contributed by atoms with E-state index in [1.165, 1.54) is 12.3 Å². The van der Waals surface area contributed by atoms with Crippen molar-refractivity contribution in [3.05, 3.63) is 88.4 Å². The highest BCUT2D eigenvalue weighted by Gasteiger charge is 2.06. The van der Waals surface area contributed by atoms with Crippen molar-refractivity contribution in [2.24, 2.45) is 5.10 Å². The van der Waals surface area contributed by atoms with Gasteiger partial charge in [-0.15, -0.1) is 0 Å². The van der Waals surface area contributed by atoms with Gasteiger partial charge in [-0.2, -0.15) is 5.10 Å². The molecule has 0 spiro atoms. The summed E-state index contributed by atoms with van der Waals surface area (Å²) < 4.78 is 0.780. The Morgan fingerprint density at radius 1 is 0.897 bits per heavy atom. The number of aromatic hydroxyl groups is 1. The lowest BCUT2D eigenvalue weighted by molar-refractivity contribution is 0.0955. The van der Waals surface area contributed by atoms with Crippen molar-refractivity contribution < 1.29 is 14.7 Å². The first-order chi connectivity index (χ1) is 14.0. The average Bonchev–Trinajstić information content (AvgIpc) is 2.71. The number of nitrogens with one attached hydrogen (secondary N) is 3. The molecule has 0 radical (unpaired) electrons. The molecule has 3 aromatic rings. The lowest BCUT2D eigenvalue weighted by Crippen LogP contribution is -2.20. The van der Waals surface area contributed by atoms with Crippen LogP contribution >= 0.6 is 15.9 Å². The molecule has 0 bridgehead atoms. The van der Waals surface area contributed by atoms with E-state index in [-0.39, 0.29) is 11.8 Å². The van der Waals surface area contributed by atoms with Crippen molar-refractivity contribution in [3.8, 4) is 5.75 Å². The van der Waals surface area contributed by atoms with Gasteiger partial charge in [-0.05, 0) is 54.6 Å². The smallest absolute Gasteiger partial charge is 0.323 e. The van der Waals surface area contributed by atoms with Crippen LogP contribution in [0.5, 0.6) is 5.75 Å². The molecule has 3 rings (SSSR count). The molecule has 0 fully saturated rings. The quantitative estimate of drug-likeness (QED) is 0.336. The van der Waals surface area contributed by atoms with Crippen LogP contribution in [-0.4, -0.2) is 23.3 Å². The topological polar surface area (TPSA) is 103 Å². The van der Waals surface area contributed by atoms with Crippen LogP contribution in [-0.2, 0) is 0 Å². The second-order valence-electron chi connectivity index (χ2n) is 5.92. The SMILES string of the molecule is O=C(Nc1ccccc1)Nc1ccc(C(=O)N/N=C\c2cc(Br)ccc2O)cc1. The summed E-state index contributed by atoms with van der Waals surface area (Å²) in [6.07, 6.45) is 1.35. The number of urea groups is 1. The Labute approximate surface area is 175 Å². The lowest BCUT2D eigenvalue weighted by Gasteiger charge is -2.08. The zero-order chi connectivity index (χ0) is 20.6. The van der Waals surface area contributed by atoms with E-state index in [2.05, 4.69) is 37.1 Å². The standard InChI is InChI=1S/C21H17BrN4O3/c22-16-8-11-19(27)15(12-16)13-23-26-20(28)14-6-9-18(10-7-14)25-21(29)24-17-4-2-1-3-5-17/h1-13,27H,(H,26,28)(H2,24,25,29)/b23-13-. The Balaban J connectivity index is 1.55. The van der Waals surface area contributed by atoms with Gasteiger partial charge in [0.15, 0.2) is 0 Å². The summed E-state index contributed by atoms with van der Waals surface area (Å²) >= 11 is 3.30. The monoisotopic (exact) mass is 452 g/mol. The molecule has 0 aromatic heterocycles. The van der Waals surface area contributed by atoms with Crippen molar-refractivity contribution in [2.75, 3.05) is 10.6 Å². The molecular weight excluding hydrogens is 436 g/mol. The van der Waals surface area contributed by atoms with Gasteiger partial charge in [0.1, 0.15) is 5.75 Å². The minimum atomic E-state index is -0.420. The predicted octanol–water partition coefficient (Wildman–Crippen LogP) is 4.56. The molecule has 4 N–H and O–H groups in total. The van der Waals surface area contributed by atoms with Crippen molar-refractivity contribution in [3.63, 3.8) is 0 Å². The van der Waals surface area contributed by atoms with E-state index in [0.717, 1.165) is 4.47 Å². The number of rotatable bonds is 5. The van der Waals surface area contributed by atoms with Crippen LogP contribution in [0.2, 0.25) is 0 Å². The van der Waals surface area contributed by atoms with Crippen LogP contribution in [0.15, 0.2) is 82.4 Å². The maximum atomic E-state index is 12.2. The van der Waals surface area contributed by atoms with Crippen LogP contribution < -0.4 is 16.1 Å². The van der Waals surface area contributed by atoms with E-state index >= 15 is 0 Å².